The molecule has 3 aromatic carbocycles. The number of hydrogen-bond donors (Lipinski definition) is 4. The molecule has 1 unspecified atom stereocenters. The fourth-order valence-corrected chi connectivity index (χ4v) is 3.84. The first-order valence-corrected chi connectivity index (χ1v) is 11.1. The van der Waals surface area contributed by atoms with Crippen LogP contribution >= 0.6 is 0 Å². The number of pyridine rings is 2. The van der Waals surface area contributed by atoms with Gasteiger partial charge in [0.15, 0.2) is 6.23 Å². The highest BCUT2D eigenvalue weighted by atomic mass is 16.3. The van der Waals surface area contributed by atoms with E-state index in [1.807, 2.05) is 78.9 Å². The molecule has 0 amide bonds. The van der Waals surface area contributed by atoms with Crippen molar-refractivity contribution >= 4 is 39.3 Å². The van der Waals surface area contributed by atoms with Crippen LogP contribution in [0.25, 0.3) is 10.9 Å². The molecule has 7 heteroatoms. The van der Waals surface area contributed by atoms with E-state index in [9.17, 15) is 10.4 Å². The summed E-state index contributed by atoms with van der Waals surface area (Å²) in [6, 6.07) is 28.5. The maximum absolute atomic E-state index is 10.7. The largest absolute Gasteiger partial charge is 0.369 e. The number of aliphatic hydroxyl groups excluding tert-OH is 1. The maximum atomic E-state index is 10.7. The van der Waals surface area contributed by atoms with E-state index in [-0.39, 0.29) is 0 Å². The zero-order valence-electron chi connectivity index (χ0n) is 18.7. The minimum atomic E-state index is -0.882. The Morgan fingerprint density at radius 3 is 2.29 bits per heavy atom. The SMILES string of the molecule is N#Cc1cccc2nccc(Nc3ccc(C(O)Nc4cccc(Nc5ccncc5)c4)cc3)c12. The molecule has 0 aliphatic rings. The van der Waals surface area contributed by atoms with Crippen LogP contribution in [0.4, 0.5) is 28.4 Å². The summed E-state index contributed by atoms with van der Waals surface area (Å²) in [6.45, 7) is 0. The molecule has 0 radical (unpaired) electrons. The average molecular weight is 459 g/mol. The molecule has 0 bridgehead atoms. The number of nitrogens with one attached hydrogen (secondary N) is 3. The molecule has 0 saturated carbocycles. The number of aliphatic hydroxyl groups is 1. The molecular weight excluding hydrogens is 436 g/mol. The molecule has 0 spiro atoms. The number of benzene rings is 3. The van der Waals surface area contributed by atoms with E-state index in [1.54, 1.807) is 24.7 Å². The summed E-state index contributed by atoms with van der Waals surface area (Å²) in [5.41, 5.74) is 6.30. The lowest BCUT2D eigenvalue weighted by molar-refractivity contribution is 0.208. The van der Waals surface area contributed by atoms with Crippen molar-refractivity contribution in [2.24, 2.45) is 0 Å². The van der Waals surface area contributed by atoms with Gasteiger partial charge in [0.05, 0.1) is 22.8 Å². The molecule has 5 rings (SSSR count). The first-order valence-electron chi connectivity index (χ1n) is 11.1. The molecule has 35 heavy (non-hydrogen) atoms. The fraction of sp³-hybridized carbons (Fsp3) is 0.0357. The van der Waals surface area contributed by atoms with Crippen molar-refractivity contribution in [2.45, 2.75) is 6.23 Å². The number of anilines is 5. The lowest BCUT2D eigenvalue weighted by Gasteiger charge is -2.17. The first kappa shape index (κ1) is 21.9. The number of hydrogen-bond acceptors (Lipinski definition) is 7. The van der Waals surface area contributed by atoms with Crippen LogP contribution in [-0.4, -0.2) is 15.1 Å². The molecule has 0 aliphatic heterocycles. The summed E-state index contributed by atoms with van der Waals surface area (Å²) in [6.07, 6.45) is 4.29. The van der Waals surface area contributed by atoms with Crippen LogP contribution in [0.1, 0.15) is 17.4 Å². The topological polar surface area (TPSA) is 106 Å². The summed E-state index contributed by atoms with van der Waals surface area (Å²) >= 11 is 0. The van der Waals surface area contributed by atoms with Gasteiger partial charge in [-0.15, -0.1) is 0 Å². The van der Waals surface area contributed by atoms with Gasteiger partial charge in [-0.2, -0.15) is 5.26 Å². The van der Waals surface area contributed by atoms with Crippen LogP contribution in [0, 0.1) is 11.3 Å². The summed E-state index contributed by atoms with van der Waals surface area (Å²) < 4.78 is 0. The van der Waals surface area contributed by atoms with Gasteiger partial charge < -0.3 is 21.1 Å². The van der Waals surface area contributed by atoms with E-state index in [2.05, 4.69) is 32.0 Å². The minimum Gasteiger partial charge on any atom is -0.369 e. The molecule has 5 aromatic rings. The number of fused-ring (bicyclic) bond motifs is 1. The standard InChI is InChI=1S/C28H22N6O/c29-18-20-3-1-6-25-27(20)26(13-16-31-25)33-21-9-7-19(8-10-21)28(35)34-24-5-2-4-23(17-24)32-22-11-14-30-15-12-22/h1-17,28,34-35H,(H,30,32)(H,31,33). The van der Waals surface area contributed by atoms with Crippen LogP contribution in [0.5, 0.6) is 0 Å². The van der Waals surface area contributed by atoms with E-state index in [4.69, 9.17) is 0 Å². The lowest BCUT2D eigenvalue weighted by Crippen LogP contribution is -2.09. The Labute approximate surface area is 202 Å². The Balaban J connectivity index is 1.29. The second-order valence-corrected chi connectivity index (χ2v) is 7.91. The second kappa shape index (κ2) is 9.91. The first-order chi connectivity index (χ1) is 17.2. The minimum absolute atomic E-state index is 0.565. The highest BCUT2D eigenvalue weighted by Gasteiger charge is 2.10. The Morgan fingerprint density at radius 1 is 0.743 bits per heavy atom. The van der Waals surface area contributed by atoms with Crippen molar-refractivity contribution in [2.75, 3.05) is 16.0 Å². The van der Waals surface area contributed by atoms with Crippen molar-refractivity contribution < 1.29 is 5.11 Å². The van der Waals surface area contributed by atoms with Crippen LogP contribution in [0.3, 0.4) is 0 Å². The Hall–Kier alpha value is -4.93. The molecule has 170 valence electrons. The fourth-order valence-electron chi connectivity index (χ4n) is 3.84. The smallest absolute Gasteiger partial charge is 0.150 e. The normalized spacial score (nSPS) is 11.4. The van der Waals surface area contributed by atoms with Gasteiger partial charge in [-0.3, -0.25) is 9.97 Å². The average Bonchev–Trinajstić information content (AvgIpc) is 2.89. The highest BCUT2D eigenvalue weighted by molar-refractivity contribution is 5.97. The molecule has 0 fully saturated rings. The molecule has 4 N–H and O–H groups in total. The zero-order valence-corrected chi connectivity index (χ0v) is 18.7. The van der Waals surface area contributed by atoms with E-state index in [0.29, 0.717) is 5.56 Å². The van der Waals surface area contributed by atoms with Crippen LogP contribution in [0.2, 0.25) is 0 Å². The second-order valence-electron chi connectivity index (χ2n) is 7.91. The van der Waals surface area contributed by atoms with Crippen LogP contribution in [-0.2, 0) is 0 Å². The van der Waals surface area contributed by atoms with Crippen molar-refractivity contribution in [1.82, 2.24) is 9.97 Å². The van der Waals surface area contributed by atoms with Gasteiger partial charge in [-0.1, -0.05) is 24.3 Å². The van der Waals surface area contributed by atoms with E-state index in [0.717, 1.165) is 44.9 Å². The molecule has 0 saturated heterocycles. The predicted molar refractivity (Wildman–Crippen MR) is 139 cm³/mol. The number of aromatic nitrogens is 2. The number of rotatable bonds is 7. The Bertz CT molecular complexity index is 1490. The third-order valence-corrected chi connectivity index (χ3v) is 5.53. The third-order valence-electron chi connectivity index (χ3n) is 5.53. The maximum Gasteiger partial charge on any atom is 0.150 e. The van der Waals surface area contributed by atoms with E-state index < -0.39 is 6.23 Å². The molecule has 1 atom stereocenters. The Morgan fingerprint density at radius 2 is 1.49 bits per heavy atom. The van der Waals surface area contributed by atoms with Gasteiger partial charge in [-0.25, -0.2) is 0 Å². The van der Waals surface area contributed by atoms with Gasteiger partial charge in [0.1, 0.15) is 0 Å². The quantitative estimate of drug-likeness (QED) is 0.219. The van der Waals surface area contributed by atoms with Gasteiger partial charge in [-0.05, 0) is 60.7 Å². The van der Waals surface area contributed by atoms with Crippen molar-refractivity contribution in [3.8, 4) is 6.07 Å². The molecule has 7 nitrogen and oxygen atoms in total. The van der Waals surface area contributed by atoms with Crippen molar-refractivity contribution in [3.63, 3.8) is 0 Å². The Kier molecular flexibility index (Phi) is 6.20. The van der Waals surface area contributed by atoms with Crippen molar-refractivity contribution in [3.05, 3.63) is 115 Å². The molecular formula is C28H22N6O. The molecule has 0 aliphatic carbocycles. The predicted octanol–water partition coefficient (Wildman–Crippen LogP) is 6.09. The van der Waals surface area contributed by atoms with E-state index in [1.165, 1.54) is 0 Å². The van der Waals surface area contributed by atoms with Gasteiger partial charge in [0, 0.05) is 52.3 Å². The zero-order chi connectivity index (χ0) is 24.0. The summed E-state index contributed by atoms with van der Waals surface area (Å²) in [7, 11) is 0. The monoisotopic (exact) mass is 458 g/mol. The summed E-state index contributed by atoms with van der Waals surface area (Å²) in [5, 5.41) is 30.8. The third kappa shape index (κ3) is 5.03. The number of nitriles is 1. The van der Waals surface area contributed by atoms with Gasteiger partial charge >= 0.3 is 0 Å². The highest BCUT2D eigenvalue weighted by Crippen LogP contribution is 2.29. The van der Waals surface area contributed by atoms with Gasteiger partial charge in [0.25, 0.3) is 0 Å². The van der Waals surface area contributed by atoms with Gasteiger partial charge in [0.2, 0.25) is 0 Å². The molecule has 2 heterocycles. The van der Waals surface area contributed by atoms with E-state index >= 15 is 0 Å². The lowest BCUT2D eigenvalue weighted by atomic mass is 10.1. The molecule has 2 aromatic heterocycles. The van der Waals surface area contributed by atoms with Crippen LogP contribution in [0.15, 0.2) is 104 Å². The van der Waals surface area contributed by atoms with Crippen molar-refractivity contribution in [1.29, 1.82) is 5.26 Å². The summed E-state index contributed by atoms with van der Waals surface area (Å²) in [4.78, 5) is 8.38. The summed E-state index contributed by atoms with van der Waals surface area (Å²) in [5.74, 6) is 0. The van der Waals surface area contributed by atoms with Crippen LogP contribution < -0.4 is 16.0 Å². The number of nitrogens with zero attached hydrogens (tertiary/aromatic N) is 3.